The first kappa shape index (κ1) is 17.5. The third-order valence-corrected chi connectivity index (χ3v) is 3.96. The Balaban J connectivity index is 1.71. The number of carbonyl (C=O) groups is 1. The minimum absolute atomic E-state index is 0.0158. The third kappa shape index (κ3) is 4.41. The van der Waals surface area contributed by atoms with Crippen LogP contribution in [0.4, 0.5) is 0 Å². The topological polar surface area (TPSA) is 66.0 Å². The van der Waals surface area contributed by atoms with E-state index in [-0.39, 0.29) is 5.57 Å². The first-order chi connectivity index (χ1) is 12.7. The van der Waals surface area contributed by atoms with E-state index in [0.717, 1.165) is 11.1 Å². The minimum atomic E-state index is -0.444. The summed E-state index contributed by atoms with van der Waals surface area (Å²) in [6.07, 6.45) is 1.43. The Morgan fingerprint density at radius 2 is 1.81 bits per heavy atom. The fraction of sp³-hybridized carbons (Fsp3) is 0.0476. The van der Waals surface area contributed by atoms with Gasteiger partial charge in [-0.05, 0) is 42.0 Å². The van der Waals surface area contributed by atoms with Crippen LogP contribution in [0.3, 0.4) is 0 Å². The van der Waals surface area contributed by atoms with Gasteiger partial charge in [-0.3, -0.25) is 4.79 Å². The first-order valence-electron chi connectivity index (χ1n) is 7.95. The second-order valence-corrected chi connectivity index (χ2v) is 5.98. The molecule has 2 aromatic carbocycles. The van der Waals surface area contributed by atoms with Crippen LogP contribution in [-0.2, 0) is 11.3 Å². The highest BCUT2D eigenvalue weighted by Gasteiger charge is 2.11. The monoisotopic (exact) mass is 362 g/mol. The summed E-state index contributed by atoms with van der Waals surface area (Å²) in [6.45, 7) is 0.354. The van der Waals surface area contributed by atoms with Crippen molar-refractivity contribution in [2.75, 3.05) is 0 Å². The minimum Gasteiger partial charge on any atom is -0.457 e. The Hall–Kier alpha value is -3.29. The third-order valence-electron chi connectivity index (χ3n) is 3.70. The second kappa shape index (κ2) is 8.19. The Bertz CT molecular complexity index is 967. The van der Waals surface area contributed by atoms with Gasteiger partial charge in [-0.15, -0.1) is 0 Å². The number of amides is 1. The molecule has 1 heterocycles. The maximum absolute atomic E-state index is 12.2. The van der Waals surface area contributed by atoms with Crippen LogP contribution in [0.15, 0.2) is 76.7 Å². The van der Waals surface area contributed by atoms with E-state index in [1.165, 1.54) is 6.08 Å². The molecule has 0 aliphatic rings. The lowest BCUT2D eigenvalue weighted by atomic mass is 10.2. The average Bonchev–Trinajstić information content (AvgIpc) is 3.14. The number of nitriles is 1. The molecule has 0 unspecified atom stereocenters. The summed E-state index contributed by atoms with van der Waals surface area (Å²) in [5.41, 5.74) is 1.81. The van der Waals surface area contributed by atoms with Gasteiger partial charge in [0.05, 0.1) is 0 Å². The Kier molecular flexibility index (Phi) is 5.52. The molecule has 1 aromatic heterocycles. The summed E-state index contributed by atoms with van der Waals surface area (Å²) in [4.78, 5) is 12.2. The molecule has 0 fully saturated rings. The molecule has 0 spiro atoms. The van der Waals surface area contributed by atoms with Crippen LogP contribution in [0, 0.1) is 11.3 Å². The molecule has 5 heteroatoms. The van der Waals surface area contributed by atoms with E-state index in [9.17, 15) is 10.1 Å². The van der Waals surface area contributed by atoms with Crippen LogP contribution in [0.1, 0.15) is 11.3 Å². The molecule has 0 aliphatic heterocycles. The van der Waals surface area contributed by atoms with Gasteiger partial charge in [-0.1, -0.05) is 41.9 Å². The van der Waals surface area contributed by atoms with Crippen molar-refractivity contribution in [3.63, 3.8) is 0 Å². The van der Waals surface area contributed by atoms with Crippen LogP contribution in [-0.4, -0.2) is 5.91 Å². The normalized spacial score (nSPS) is 11.0. The van der Waals surface area contributed by atoms with Crippen molar-refractivity contribution in [1.29, 1.82) is 5.26 Å². The highest BCUT2D eigenvalue weighted by atomic mass is 35.5. The highest BCUT2D eigenvalue weighted by molar-refractivity contribution is 6.30. The van der Waals surface area contributed by atoms with Gasteiger partial charge in [0, 0.05) is 23.2 Å². The number of furan rings is 1. The zero-order valence-electron chi connectivity index (χ0n) is 13.8. The molecule has 1 amide bonds. The Labute approximate surface area is 156 Å². The van der Waals surface area contributed by atoms with Gasteiger partial charge in [0.2, 0.25) is 0 Å². The van der Waals surface area contributed by atoms with Crippen LogP contribution < -0.4 is 5.32 Å². The zero-order chi connectivity index (χ0) is 18.4. The quantitative estimate of drug-likeness (QED) is 0.522. The number of rotatable bonds is 5. The molecule has 0 atom stereocenters. The summed E-state index contributed by atoms with van der Waals surface area (Å²) in [6, 6.07) is 22.1. The van der Waals surface area contributed by atoms with Crippen molar-refractivity contribution in [1.82, 2.24) is 5.32 Å². The molecule has 0 saturated carbocycles. The van der Waals surface area contributed by atoms with Gasteiger partial charge in [0.25, 0.3) is 5.91 Å². The number of hydrogen-bond donors (Lipinski definition) is 1. The van der Waals surface area contributed by atoms with E-state index < -0.39 is 5.91 Å². The molecule has 26 heavy (non-hydrogen) atoms. The van der Waals surface area contributed by atoms with Crippen molar-refractivity contribution < 1.29 is 9.21 Å². The number of hydrogen-bond acceptors (Lipinski definition) is 3. The standard InChI is InChI=1S/C21H15ClN2O2/c22-18-8-6-16(7-9-18)20-11-10-19(26-20)12-17(13-23)21(25)24-14-15-4-2-1-3-5-15/h1-12H,14H2,(H,24,25)/b17-12-. The van der Waals surface area contributed by atoms with Crippen molar-refractivity contribution in [3.8, 4) is 17.4 Å². The second-order valence-electron chi connectivity index (χ2n) is 5.55. The largest absolute Gasteiger partial charge is 0.457 e. The molecular weight excluding hydrogens is 348 g/mol. The molecule has 0 saturated heterocycles. The van der Waals surface area contributed by atoms with Crippen LogP contribution in [0.5, 0.6) is 0 Å². The molecule has 1 N–H and O–H groups in total. The smallest absolute Gasteiger partial charge is 0.262 e. The molecular formula is C21H15ClN2O2. The number of nitrogens with zero attached hydrogens (tertiary/aromatic N) is 1. The van der Waals surface area contributed by atoms with Gasteiger partial charge in [-0.2, -0.15) is 5.26 Å². The summed E-state index contributed by atoms with van der Waals surface area (Å²) in [5.74, 6) is 0.622. The maximum atomic E-state index is 12.2. The summed E-state index contributed by atoms with van der Waals surface area (Å²) in [7, 11) is 0. The lowest BCUT2D eigenvalue weighted by molar-refractivity contribution is -0.117. The van der Waals surface area contributed by atoms with Crippen LogP contribution >= 0.6 is 11.6 Å². The van der Waals surface area contributed by atoms with Crippen molar-refractivity contribution in [2.24, 2.45) is 0 Å². The maximum Gasteiger partial charge on any atom is 0.262 e. The molecule has 4 nitrogen and oxygen atoms in total. The Morgan fingerprint density at radius 1 is 1.08 bits per heavy atom. The lowest BCUT2D eigenvalue weighted by Crippen LogP contribution is -2.23. The molecule has 0 radical (unpaired) electrons. The predicted molar refractivity (Wildman–Crippen MR) is 101 cm³/mol. The van der Waals surface area contributed by atoms with E-state index in [1.54, 1.807) is 24.3 Å². The number of benzene rings is 2. The highest BCUT2D eigenvalue weighted by Crippen LogP contribution is 2.24. The SMILES string of the molecule is N#C/C(=C/c1ccc(-c2ccc(Cl)cc2)o1)C(=O)NCc1ccccc1. The molecule has 3 rings (SSSR count). The van der Waals surface area contributed by atoms with Crippen molar-refractivity contribution in [3.05, 3.63) is 88.6 Å². The Morgan fingerprint density at radius 3 is 2.50 bits per heavy atom. The van der Waals surface area contributed by atoms with Gasteiger partial charge in [-0.25, -0.2) is 0 Å². The van der Waals surface area contributed by atoms with Crippen LogP contribution in [0.25, 0.3) is 17.4 Å². The van der Waals surface area contributed by atoms with Gasteiger partial charge < -0.3 is 9.73 Å². The predicted octanol–water partition coefficient (Wildman–Crippen LogP) is 4.82. The number of carbonyl (C=O) groups excluding carboxylic acids is 1. The number of halogens is 1. The van der Waals surface area contributed by atoms with E-state index in [1.807, 2.05) is 48.5 Å². The van der Waals surface area contributed by atoms with Gasteiger partial charge >= 0.3 is 0 Å². The average molecular weight is 363 g/mol. The first-order valence-corrected chi connectivity index (χ1v) is 8.33. The van der Waals surface area contributed by atoms with Crippen molar-refractivity contribution >= 4 is 23.6 Å². The number of nitrogens with one attached hydrogen (secondary N) is 1. The summed E-state index contributed by atoms with van der Waals surface area (Å²) < 4.78 is 5.70. The summed E-state index contributed by atoms with van der Waals surface area (Å²) >= 11 is 5.88. The van der Waals surface area contributed by atoms with E-state index in [0.29, 0.717) is 23.1 Å². The zero-order valence-corrected chi connectivity index (χ0v) is 14.5. The molecule has 0 bridgehead atoms. The van der Waals surface area contributed by atoms with E-state index >= 15 is 0 Å². The van der Waals surface area contributed by atoms with E-state index in [2.05, 4.69) is 5.32 Å². The molecule has 128 valence electrons. The lowest BCUT2D eigenvalue weighted by Gasteiger charge is -2.03. The fourth-order valence-corrected chi connectivity index (χ4v) is 2.49. The van der Waals surface area contributed by atoms with Crippen molar-refractivity contribution in [2.45, 2.75) is 6.54 Å². The molecule has 3 aromatic rings. The fourth-order valence-electron chi connectivity index (χ4n) is 2.36. The van der Waals surface area contributed by atoms with E-state index in [4.69, 9.17) is 16.0 Å². The summed E-state index contributed by atoms with van der Waals surface area (Å²) in [5, 5.41) is 12.6. The molecule has 0 aliphatic carbocycles. The van der Waals surface area contributed by atoms with Crippen LogP contribution in [0.2, 0.25) is 5.02 Å². The van der Waals surface area contributed by atoms with Gasteiger partial charge in [0.1, 0.15) is 23.2 Å². The van der Waals surface area contributed by atoms with Gasteiger partial charge in [0.15, 0.2) is 0 Å².